The summed E-state index contributed by atoms with van der Waals surface area (Å²) in [6.45, 7) is 3.94. The van der Waals surface area contributed by atoms with Crippen LogP contribution in [0.1, 0.15) is 28.4 Å². The first-order valence-corrected chi connectivity index (χ1v) is 10.5. The van der Waals surface area contributed by atoms with E-state index in [0.717, 1.165) is 17.7 Å². The molecule has 2 N–H and O–H groups in total. The van der Waals surface area contributed by atoms with E-state index in [-0.39, 0.29) is 28.1 Å². The maximum absolute atomic E-state index is 14.1. The van der Waals surface area contributed by atoms with Gasteiger partial charge in [0.2, 0.25) is 0 Å². The molecule has 148 valence electrons. The van der Waals surface area contributed by atoms with Crippen molar-refractivity contribution in [2.75, 3.05) is 5.75 Å². The van der Waals surface area contributed by atoms with E-state index < -0.39 is 0 Å². The summed E-state index contributed by atoms with van der Waals surface area (Å²) in [5, 5.41) is 3.43. The number of nitrogens with one attached hydrogen (secondary N) is 2. The second kappa shape index (κ2) is 7.96. The van der Waals surface area contributed by atoms with Gasteiger partial charge in [0.15, 0.2) is 4.77 Å². The Hall–Kier alpha value is -2.71. The topological polar surface area (TPSA) is 66.9 Å². The molecule has 1 aromatic heterocycles. The monoisotopic (exact) mass is 427 g/mol. The standard InChI is InChI=1S/C21H18FN3O2S2/c1-2-9-25-20(27)14-7-6-12(11-17(14)24-21(25)28)19(26)23-16-8-10-29-18-13(16)4-3-5-15(18)22/h2-7,11,16H,1,8-10H2,(H,23,26)(H,24,28)/t16-/m0/s1. The maximum Gasteiger partial charge on any atom is 0.262 e. The average molecular weight is 428 g/mol. The first-order valence-electron chi connectivity index (χ1n) is 9.09. The van der Waals surface area contributed by atoms with Gasteiger partial charge >= 0.3 is 0 Å². The third-order valence-electron chi connectivity index (χ3n) is 4.89. The normalized spacial score (nSPS) is 15.7. The molecule has 0 spiro atoms. The summed E-state index contributed by atoms with van der Waals surface area (Å²) in [4.78, 5) is 29.0. The van der Waals surface area contributed by atoms with Crippen molar-refractivity contribution in [2.24, 2.45) is 0 Å². The van der Waals surface area contributed by atoms with Crippen molar-refractivity contribution >= 4 is 40.8 Å². The number of carbonyl (C=O) groups excluding carboxylic acids is 1. The molecule has 0 radical (unpaired) electrons. The first kappa shape index (κ1) is 19.6. The summed E-state index contributed by atoms with van der Waals surface area (Å²) in [5.74, 6) is 0.182. The summed E-state index contributed by atoms with van der Waals surface area (Å²) in [6.07, 6.45) is 2.32. The lowest BCUT2D eigenvalue weighted by molar-refractivity contribution is 0.0935. The molecule has 1 aliphatic rings. The smallest absolute Gasteiger partial charge is 0.262 e. The van der Waals surface area contributed by atoms with Crippen LogP contribution in [0, 0.1) is 10.6 Å². The second-order valence-corrected chi connectivity index (χ2v) is 8.21. The molecule has 0 saturated carbocycles. The molecule has 1 aliphatic heterocycles. The van der Waals surface area contributed by atoms with E-state index in [1.54, 1.807) is 30.3 Å². The molecule has 1 amide bonds. The molecular formula is C21H18FN3O2S2. The molecule has 4 rings (SSSR count). The van der Waals surface area contributed by atoms with Crippen LogP contribution in [0.4, 0.5) is 4.39 Å². The Labute approximate surface area is 175 Å². The molecule has 0 unspecified atom stereocenters. The highest BCUT2D eigenvalue weighted by atomic mass is 32.2. The Kier molecular flexibility index (Phi) is 5.38. The van der Waals surface area contributed by atoms with Crippen LogP contribution in [0.3, 0.4) is 0 Å². The molecule has 0 fully saturated rings. The Morgan fingerprint density at radius 3 is 3.03 bits per heavy atom. The van der Waals surface area contributed by atoms with Crippen LogP contribution < -0.4 is 10.9 Å². The summed E-state index contributed by atoms with van der Waals surface area (Å²) < 4.78 is 15.7. The van der Waals surface area contributed by atoms with E-state index >= 15 is 0 Å². The van der Waals surface area contributed by atoms with E-state index in [9.17, 15) is 14.0 Å². The van der Waals surface area contributed by atoms with Crippen molar-refractivity contribution in [1.82, 2.24) is 14.9 Å². The summed E-state index contributed by atoms with van der Waals surface area (Å²) >= 11 is 6.71. The summed E-state index contributed by atoms with van der Waals surface area (Å²) in [6, 6.07) is 9.51. The van der Waals surface area contributed by atoms with Gasteiger partial charge in [-0.3, -0.25) is 14.2 Å². The number of aromatic amines is 1. The largest absolute Gasteiger partial charge is 0.345 e. The maximum atomic E-state index is 14.1. The number of halogens is 1. The van der Waals surface area contributed by atoms with Gasteiger partial charge in [0, 0.05) is 22.8 Å². The number of amides is 1. The van der Waals surface area contributed by atoms with Crippen molar-refractivity contribution in [3.05, 3.63) is 81.1 Å². The summed E-state index contributed by atoms with van der Waals surface area (Å²) in [7, 11) is 0. The van der Waals surface area contributed by atoms with Gasteiger partial charge < -0.3 is 10.3 Å². The molecule has 0 aliphatic carbocycles. The number of hydrogen-bond donors (Lipinski definition) is 2. The van der Waals surface area contributed by atoms with Crippen LogP contribution in [0.15, 0.2) is 58.7 Å². The number of H-pyrrole nitrogens is 1. The zero-order valence-corrected chi connectivity index (χ0v) is 17.0. The lowest BCUT2D eigenvalue weighted by atomic mass is 10.0. The Morgan fingerprint density at radius 1 is 1.41 bits per heavy atom. The quantitative estimate of drug-likeness (QED) is 0.480. The van der Waals surface area contributed by atoms with Crippen LogP contribution >= 0.6 is 24.0 Å². The molecule has 2 heterocycles. The lowest BCUT2D eigenvalue weighted by Crippen LogP contribution is -2.31. The molecule has 3 aromatic rings. The van der Waals surface area contributed by atoms with E-state index in [2.05, 4.69) is 16.9 Å². The highest BCUT2D eigenvalue weighted by Gasteiger charge is 2.25. The van der Waals surface area contributed by atoms with Crippen molar-refractivity contribution in [2.45, 2.75) is 23.9 Å². The summed E-state index contributed by atoms with van der Waals surface area (Å²) in [5.41, 5.74) is 1.46. The van der Waals surface area contributed by atoms with Crippen molar-refractivity contribution in [3.63, 3.8) is 0 Å². The molecule has 5 nitrogen and oxygen atoms in total. The fourth-order valence-electron chi connectivity index (χ4n) is 3.47. The van der Waals surface area contributed by atoms with Gasteiger partial charge in [0.1, 0.15) is 5.82 Å². The fourth-order valence-corrected chi connectivity index (χ4v) is 4.88. The van der Waals surface area contributed by atoms with E-state index in [1.165, 1.54) is 22.4 Å². The highest BCUT2D eigenvalue weighted by molar-refractivity contribution is 7.99. The SMILES string of the molecule is C=CCn1c(=S)[nH]c2cc(C(=O)N[C@H]3CCSc4c(F)cccc43)ccc2c1=O. The number of fused-ring (bicyclic) bond motifs is 2. The van der Waals surface area contributed by atoms with Crippen LogP contribution in [0.25, 0.3) is 10.9 Å². The minimum Gasteiger partial charge on any atom is -0.345 e. The Balaban J connectivity index is 1.66. The molecule has 8 heteroatoms. The fraction of sp³-hybridized carbons (Fsp3) is 0.190. The van der Waals surface area contributed by atoms with E-state index in [4.69, 9.17) is 12.2 Å². The number of hydrogen-bond acceptors (Lipinski definition) is 4. The van der Waals surface area contributed by atoms with Crippen molar-refractivity contribution < 1.29 is 9.18 Å². The van der Waals surface area contributed by atoms with Gasteiger partial charge in [0.05, 0.1) is 16.9 Å². The zero-order chi connectivity index (χ0) is 20.5. The zero-order valence-electron chi connectivity index (χ0n) is 15.4. The van der Waals surface area contributed by atoms with Crippen LogP contribution in [-0.4, -0.2) is 21.2 Å². The highest BCUT2D eigenvalue weighted by Crippen LogP contribution is 2.37. The lowest BCUT2D eigenvalue weighted by Gasteiger charge is -2.26. The average Bonchev–Trinajstić information content (AvgIpc) is 2.71. The van der Waals surface area contributed by atoms with Crippen LogP contribution in [0.2, 0.25) is 0 Å². The molecule has 2 aromatic carbocycles. The van der Waals surface area contributed by atoms with E-state index in [1.807, 2.05) is 6.07 Å². The molecule has 0 bridgehead atoms. The van der Waals surface area contributed by atoms with Gasteiger partial charge in [-0.15, -0.1) is 18.3 Å². The number of allylic oxidation sites excluding steroid dienone is 1. The third-order valence-corrected chi connectivity index (χ3v) is 6.37. The molecule has 1 atom stereocenters. The van der Waals surface area contributed by atoms with Crippen molar-refractivity contribution in [3.8, 4) is 0 Å². The number of carbonyl (C=O) groups is 1. The predicted molar refractivity (Wildman–Crippen MR) is 116 cm³/mol. The number of aromatic nitrogens is 2. The van der Waals surface area contributed by atoms with Gasteiger partial charge in [-0.2, -0.15) is 0 Å². The van der Waals surface area contributed by atoms with Crippen LogP contribution in [-0.2, 0) is 6.54 Å². The number of thioether (sulfide) groups is 1. The number of benzene rings is 2. The molecule has 29 heavy (non-hydrogen) atoms. The number of rotatable bonds is 4. The first-order chi connectivity index (χ1) is 14.0. The van der Waals surface area contributed by atoms with Crippen LogP contribution in [0.5, 0.6) is 0 Å². The third kappa shape index (κ3) is 3.65. The minimum atomic E-state index is -0.284. The van der Waals surface area contributed by atoms with Gasteiger partial charge in [-0.25, -0.2) is 4.39 Å². The Bertz CT molecular complexity index is 1250. The molecular weight excluding hydrogens is 409 g/mol. The predicted octanol–water partition coefficient (Wildman–Crippen LogP) is 4.35. The van der Waals surface area contributed by atoms with Gasteiger partial charge in [-0.1, -0.05) is 18.2 Å². The minimum absolute atomic E-state index is 0.232. The Morgan fingerprint density at radius 2 is 2.24 bits per heavy atom. The van der Waals surface area contributed by atoms with E-state index in [0.29, 0.717) is 27.9 Å². The molecule has 0 saturated heterocycles. The second-order valence-electron chi connectivity index (χ2n) is 6.72. The van der Waals surface area contributed by atoms with Crippen molar-refractivity contribution in [1.29, 1.82) is 0 Å². The van der Waals surface area contributed by atoms with Gasteiger partial charge in [-0.05, 0) is 48.5 Å². The number of nitrogens with zero attached hydrogens (tertiary/aromatic N) is 1. The van der Waals surface area contributed by atoms with Gasteiger partial charge in [0.25, 0.3) is 11.5 Å².